The summed E-state index contributed by atoms with van der Waals surface area (Å²) in [6.45, 7) is 3.44. The monoisotopic (exact) mass is 566 g/mol. The Labute approximate surface area is 225 Å². The van der Waals surface area contributed by atoms with Crippen LogP contribution in [-0.4, -0.2) is 86.1 Å². The Hall–Kier alpha value is -3.01. The van der Waals surface area contributed by atoms with Crippen molar-refractivity contribution in [3.63, 3.8) is 0 Å². The first-order valence-corrected chi connectivity index (χ1v) is 13.5. The molecule has 0 unspecified atom stereocenters. The van der Waals surface area contributed by atoms with Crippen LogP contribution in [0.4, 0.5) is 11.4 Å². The normalized spacial score (nSPS) is 18.7. The molecule has 0 spiro atoms. The fourth-order valence-corrected chi connectivity index (χ4v) is 6.14. The number of benzene rings is 2. The van der Waals surface area contributed by atoms with Crippen LogP contribution in [0, 0.1) is 0 Å². The summed E-state index contributed by atoms with van der Waals surface area (Å²) >= 11 is 3.54. The molecule has 2 aliphatic heterocycles. The summed E-state index contributed by atoms with van der Waals surface area (Å²) in [4.78, 5) is 35.4. The topological polar surface area (TPSA) is 88.8 Å². The van der Waals surface area contributed by atoms with Gasteiger partial charge in [0.25, 0.3) is 11.8 Å². The SMILES string of the molecule is C[N+](C)(c1c(N)cc(Br)cc1C(=O)N1CCOCC1)[C@@H]1CCCN(C(=O)c2cncc3ccccc23)C1. The van der Waals surface area contributed by atoms with E-state index < -0.39 is 0 Å². The molecule has 9 heteroatoms. The lowest BCUT2D eigenvalue weighted by Crippen LogP contribution is -2.59. The number of morpholine rings is 1. The predicted octanol–water partition coefficient (Wildman–Crippen LogP) is 3.92. The molecule has 0 aliphatic carbocycles. The molecule has 0 bridgehead atoms. The Morgan fingerprint density at radius 3 is 2.54 bits per heavy atom. The molecule has 1 atom stereocenters. The van der Waals surface area contributed by atoms with Crippen molar-refractivity contribution < 1.29 is 14.3 Å². The number of piperidine rings is 1. The number of ether oxygens (including phenoxy) is 1. The van der Waals surface area contributed by atoms with E-state index in [4.69, 9.17) is 10.5 Å². The maximum atomic E-state index is 13.7. The highest BCUT2D eigenvalue weighted by atomic mass is 79.9. The molecular formula is C28H33BrN5O3+. The van der Waals surface area contributed by atoms with Gasteiger partial charge in [-0.25, -0.2) is 0 Å². The zero-order valence-electron chi connectivity index (χ0n) is 21.3. The van der Waals surface area contributed by atoms with E-state index in [2.05, 4.69) is 35.0 Å². The minimum atomic E-state index is -0.0388. The third kappa shape index (κ3) is 4.95. The molecule has 2 aliphatic rings. The number of hydrogen-bond acceptors (Lipinski definition) is 5. The lowest BCUT2D eigenvalue weighted by Gasteiger charge is -2.44. The van der Waals surface area contributed by atoms with Gasteiger partial charge in [0.1, 0.15) is 11.6 Å². The molecule has 2 aromatic carbocycles. The largest absolute Gasteiger partial charge is 0.394 e. The molecule has 0 saturated carbocycles. The maximum Gasteiger partial charge on any atom is 0.260 e. The molecule has 0 radical (unpaired) electrons. The molecule has 5 rings (SSSR count). The van der Waals surface area contributed by atoms with Gasteiger partial charge in [-0.15, -0.1) is 0 Å². The molecule has 2 fully saturated rings. The molecule has 3 aromatic rings. The van der Waals surface area contributed by atoms with E-state index in [0.717, 1.165) is 33.8 Å². The van der Waals surface area contributed by atoms with E-state index in [9.17, 15) is 9.59 Å². The number of pyridine rings is 1. The number of fused-ring (bicyclic) bond motifs is 1. The fraction of sp³-hybridized carbons (Fsp3) is 0.393. The highest BCUT2D eigenvalue weighted by molar-refractivity contribution is 9.10. The zero-order chi connectivity index (χ0) is 26.2. The fourth-order valence-electron chi connectivity index (χ4n) is 5.67. The minimum absolute atomic E-state index is 0.0117. The quantitative estimate of drug-likeness (QED) is 0.382. The average molecular weight is 568 g/mol. The van der Waals surface area contributed by atoms with E-state index in [0.29, 0.717) is 60.7 Å². The third-order valence-electron chi connectivity index (χ3n) is 7.70. The highest BCUT2D eigenvalue weighted by Gasteiger charge is 2.41. The number of nitrogen functional groups attached to an aromatic ring is 1. The van der Waals surface area contributed by atoms with Gasteiger partial charge in [0.2, 0.25) is 0 Å². The van der Waals surface area contributed by atoms with Crippen molar-refractivity contribution in [1.82, 2.24) is 19.3 Å². The molecule has 2 N–H and O–H groups in total. The molecule has 1 aromatic heterocycles. The molecule has 2 amide bonds. The van der Waals surface area contributed by atoms with Gasteiger partial charge in [-0.3, -0.25) is 19.1 Å². The number of likely N-dealkylation sites (N-methyl/N-ethyl adjacent to an activating group) is 1. The second-order valence-electron chi connectivity index (χ2n) is 10.3. The number of likely N-dealkylation sites (tertiary alicyclic amines) is 1. The number of carbonyl (C=O) groups excluding carboxylic acids is 2. The van der Waals surface area contributed by atoms with E-state index in [1.165, 1.54) is 0 Å². The Kier molecular flexibility index (Phi) is 7.20. The van der Waals surface area contributed by atoms with Crippen LogP contribution in [0.1, 0.15) is 33.6 Å². The van der Waals surface area contributed by atoms with Crippen LogP contribution in [0.15, 0.2) is 53.3 Å². The number of nitrogens with two attached hydrogens (primary N) is 1. The van der Waals surface area contributed by atoms with Crippen LogP contribution in [0.5, 0.6) is 0 Å². The number of rotatable bonds is 4. The van der Waals surface area contributed by atoms with E-state index in [1.54, 1.807) is 12.4 Å². The summed E-state index contributed by atoms with van der Waals surface area (Å²) in [7, 11) is 4.18. The van der Waals surface area contributed by atoms with Gasteiger partial charge in [-0.2, -0.15) is 0 Å². The highest BCUT2D eigenvalue weighted by Crippen LogP contribution is 2.39. The lowest BCUT2D eigenvalue weighted by atomic mass is 9.97. The Morgan fingerprint density at radius 1 is 1.03 bits per heavy atom. The number of nitrogens with zero attached hydrogens (tertiary/aromatic N) is 4. The number of halogens is 1. The van der Waals surface area contributed by atoms with Crippen LogP contribution in [0.3, 0.4) is 0 Å². The van der Waals surface area contributed by atoms with Gasteiger partial charge in [0.05, 0.1) is 45.1 Å². The van der Waals surface area contributed by atoms with Crippen LogP contribution in [0.2, 0.25) is 0 Å². The van der Waals surface area contributed by atoms with Crippen molar-refractivity contribution in [2.24, 2.45) is 0 Å². The number of hydrogen-bond donors (Lipinski definition) is 1. The Balaban J connectivity index is 1.46. The van der Waals surface area contributed by atoms with E-state index in [-0.39, 0.29) is 17.9 Å². The Morgan fingerprint density at radius 2 is 1.76 bits per heavy atom. The average Bonchev–Trinajstić information content (AvgIpc) is 2.92. The van der Waals surface area contributed by atoms with Gasteiger partial charge in [-0.05, 0) is 23.9 Å². The predicted molar refractivity (Wildman–Crippen MR) is 150 cm³/mol. The van der Waals surface area contributed by atoms with Gasteiger partial charge >= 0.3 is 0 Å². The van der Waals surface area contributed by atoms with Crippen molar-refractivity contribution in [3.8, 4) is 0 Å². The zero-order valence-corrected chi connectivity index (χ0v) is 22.9. The lowest BCUT2D eigenvalue weighted by molar-refractivity contribution is 0.0300. The number of aromatic nitrogens is 1. The number of carbonyl (C=O) groups is 2. The second kappa shape index (κ2) is 10.4. The van der Waals surface area contributed by atoms with Crippen molar-refractivity contribution >= 4 is 49.9 Å². The maximum absolute atomic E-state index is 13.7. The summed E-state index contributed by atoms with van der Waals surface area (Å²) < 4.78 is 6.63. The second-order valence-corrected chi connectivity index (χ2v) is 11.2. The van der Waals surface area contributed by atoms with Gasteiger partial charge in [0.15, 0.2) is 5.69 Å². The van der Waals surface area contributed by atoms with Crippen LogP contribution >= 0.6 is 15.9 Å². The van der Waals surface area contributed by atoms with Crippen molar-refractivity contribution in [3.05, 3.63) is 64.4 Å². The van der Waals surface area contributed by atoms with Crippen LogP contribution in [-0.2, 0) is 4.74 Å². The Bertz CT molecular complexity index is 1330. The summed E-state index contributed by atoms with van der Waals surface area (Å²) in [6.07, 6.45) is 5.25. The van der Waals surface area contributed by atoms with Crippen molar-refractivity contribution in [2.45, 2.75) is 18.9 Å². The van der Waals surface area contributed by atoms with Crippen molar-refractivity contribution in [1.29, 1.82) is 0 Å². The summed E-state index contributed by atoms with van der Waals surface area (Å²) in [5.41, 5.74) is 9.18. The molecule has 2 saturated heterocycles. The third-order valence-corrected chi connectivity index (χ3v) is 8.16. The molecule has 37 heavy (non-hydrogen) atoms. The van der Waals surface area contributed by atoms with Crippen LogP contribution in [0.25, 0.3) is 10.8 Å². The van der Waals surface area contributed by atoms with Crippen LogP contribution < -0.4 is 10.2 Å². The molecule has 8 nitrogen and oxygen atoms in total. The summed E-state index contributed by atoms with van der Waals surface area (Å²) in [5, 5.41) is 1.86. The van der Waals surface area contributed by atoms with Gasteiger partial charge in [0, 0.05) is 48.3 Å². The van der Waals surface area contributed by atoms with E-state index in [1.807, 2.05) is 46.2 Å². The summed E-state index contributed by atoms with van der Waals surface area (Å²) in [5.74, 6) is -0.0505. The first-order valence-electron chi connectivity index (χ1n) is 12.7. The number of anilines is 1. The first kappa shape index (κ1) is 25.6. The number of quaternary nitrogens is 1. The van der Waals surface area contributed by atoms with Crippen molar-refractivity contribution in [2.75, 3.05) is 59.2 Å². The molecule has 194 valence electrons. The smallest absolute Gasteiger partial charge is 0.260 e. The van der Waals surface area contributed by atoms with Gasteiger partial charge < -0.3 is 20.3 Å². The standard InChI is InChI=1S/C28H33BrN5O3/c1-34(2,26-23(14-20(29)15-25(26)30)27(35)32-10-12-37-13-11-32)21-7-5-9-33(18-21)28(36)24-17-31-16-19-6-3-4-8-22(19)24/h3-4,6,8,14-17,21H,5,7,9-13,18,30H2,1-2H3/q+1/t21-/m1/s1. The summed E-state index contributed by atoms with van der Waals surface area (Å²) in [6, 6.07) is 11.6. The number of amides is 2. The van der Waals surface area contributed by atoms with Gasteiger partial charge in [-0.1, -0.05) is 40.2 Å². The first-order chi connectivity index (χ1) is 17.8. The van der Waals surface area contributed by atoms with E-state index >= 15 is 0 Å². The minimum Gasteiger partial charge on any atom is -0.394 e. The molecule has 3 heterocycles. The molecular weight excluding hydrogens is 534 g/mol.